The number of aromatic amines is 1. The molecule has 0 spiro atoms. The number of carbonyl (C=O) groups is 1. The monoisotopic (exact) mass is 364 g/mol. The van der Waals surface area contributed by atoms with Crippen LogP contribution >= 0.6 is 0 Å². The highest BCUT2D eigenvalue weighted by Crippen LogP contribution is 2.13. The number of unbranched alkanes of at least 4 members (excludes halogenated alkanes) is 10. The number of rotatable bonds is 16. The molecule has 0 saturated carbocycles. The smallest absolute Gasteiger partial charge is 0.354 e. The maximum absolute atomic E-state index is 11.9. The van der Waals surface area contributed by atoms with Crippen molar-refractivity contribution in [1.29, 1.82) is 0 Å². The van der Waals surface area contributed by atoms with E-state index >= 15 is 0 Å². The van der Waals surface area contributed by atoms with Crippen LogP contribution in [-0.2, 0) is 11.2 Å². The fraction of sp³-hybridized carbons (Fsp3) is 0.773. The standard InChI is InChI=1S/C22H40N2O2/c1-4-5-6-7-8-9-10-11-12-13-14-15-20-18-21(23-19-20)22(25)26-17-16-24(2)3/h18-19,23H,4-17H2,1-3H3. The number of hydrogen-bond donors (Lipinski definition) is 1. The van der Waals surface area contributed by atoms with Crippen LogP contribution in [0.1, 0.15) is 93.6 Å². The van der Waals surface area contributed by atoms with Crippen molar-refractivity contribution in [2.24, 2.45) is 0 Å². The molecule has 0 fully saturated rings. The number of carbonyl (C=O) groups excluding carboxylic acids is 1. The summed E-state index contributed by atoms with van der Waals surface area (Å²) in [5, 5.41) is 0. The third-order valence-electron chi connectivity index (χ3n) is 4.80. The normalized spacial score (nSPS) is 11.2. The Balaban J connectivity index is 2.01. The van der Waals surface area contributed by atoms with Gasteiger partial charge >= 0.3 is 5.97 Å². The SMILES string of the molecule is CCCCCCCCCCCCCc1c[nH]c(C(=O)OCCN(C)C)c1. The second-order valence-electron chi connectivity index (χ2n) is 7.65. The van der Waals surface area contributed by atoms with Crippen molar-refractivity contribution in [2.75, 3.05) is 27.2 Å². The zero-order valence-electron chi connectivity index (χ0n) is 17.3. The highest BCUT2D eigenvalue weighted by atomic mass is 16.5. The van der Waals surface area contributed by atoms with Gasteiger partial charge in [0.15, 0.2) is 0 Å². The highest BCUT2D eigenvalue weighted by molar-refractivity contribution is 5.87. The molecular weight excluding hydrogens is 324 g/mol. The van der Waals surface area contributed by atoms with Crippen LogP contribution in [0.2, 0.25) is 0 Å². The second-order valence-corrected chi connectivity index (χ2v) is 7.65. The van der Waals surface area contributed by atoms with Crippen molar-refractivity contribution in [3.8, 4) is 0 Å². The Morgan fingerprint density at radius 2 is 1.54 bits per heavy atom. The van der Waals surface area contributed by atoms with Gasteiger partial charge in [0.05, 0.1) is 0 Å². The van der Waals surface area contributed by atoms with E-state index in [1.165, 1.54) is 76.2 Å². The summed E-state index contributed by atoms with van der Waals surface area (Å²) in [5.74, 6) is -0.253. The molecule has 0 aliphatic rings. The summed E-state index contributed by atoms with van der Waals surface area (Å²) in [4.78, 5) is 17.0. The number of esters is 1. The Labute approximate surface area is 160 Å². The Morgan fingerprint density at radius 1 is 0.962 bits per heavy atom. The topological polar surface area (TPSA) is 45.3 Å². The van der Waals surface area contributed by atoms with E-state index in [2.05, 4.69) is 11.9 Å². The predicted octanol–water partition coefficient (Wildman–Crippen LogP) is 5.59. The molecule has 0 unspecified atom stereocenters. The van der Waals surface area contributed by atoms with Crippen LogP contribution in [0.5, 0.6) is 0 Å². The highest BCUT2D eigenvalue weighted by Gasteiger charge is 2.10. The molecule has 1 aromatic rings. The molecule has 150 valence electrons. The second kappa shape index (κ2) is 14.8. The van der Waals surface area contributed by atoms with Crippen LogP contribution in [-0.4, -0.2) is 43.1 Å². The zero-order chi connectivity index (χ0) is 19.0. The van der Waals surface area contributed by atoms with E-state index in [0.717, 1.165) is 13.0 Å². The molecular formula is C22H40N2O2. The minimum atomic E-state index is -0.253. The fourth-order valence-electron chi connectivity index (χ4n) is 3.09. The molecule has 0 amide bonds. The van der Waals surface area contributed by atoms with E-state index in [9.17, 15) is 4.79 Å². The number of nitrogens with zero attached hydrogens (tertiary/aromatic N) is 1. The lowest BCUT2D eigenvalue weighted by Gasteiger charge is -2.09. The fourth-order valence-corrected chi connectivity index (χ4v) is 3.09. The summed E-state index contributed by atoms with van der Waals surface area (Å²) in [6, 6.07) is 1.94. The molecule has 1 N–H and O–H groups in total. The summed E-state index contributed by atoms with van der Waals surface area (Å²) in [7, 11) is 3.93. The number of aromatic nitrogens is 1. The molecule has 0 aromatic carbocycles. The van der Waals surface area contributed by atoms with E-state index in [1.54, 1.807) is 0 Å². The largest absolute Gasteiger partial charge is 0.460 e. The predicted molar refractivity (Wildman–Crippen MR) is 110 cm³/mol. The molecule has 0 aliphatic heterocycles. The third kappa shape index (κ3) is 11.3. The van der Waals surface area contributed by atoms with Gasteiger partial charge in [0.2, 0.25) is 0 Å². The first-order chi connectivity index (χ1) is 12.6. The summed E-state index contributed by atoms with van der Waals surface area (Å²) in [6.07, 6.45) is 17.9. The van der Waals surface area contributed by atoms with E-state index in [1.807, 2.05) is 31.3 Å². The Kier molecular flexibility index (Phi) is 13.0. The number of likely N-dealkylation sites (N-methyl/N-ethyl adjacent to an activating group) is 1. The number of ether oxygens (including phenoxy) is 1. The van der Waals surface area contributed by atoms with Gasteiger partial charge in [-0.3, -0.25) is 0 Å². The average molecular weight is 365 g/mol. The minimum absolute atomic E-state index is 0.253. The van der Waals surface area contributed by atoms with Crippen LogP contribution in [0, 0.1) is 0 Å². The lowest BCUT2D eigenvalue weighted by molar-refractivity contribution is 0.0476. The molecule has 4 heteroatoms. The van der Waals surface area contributed by atoms with Gasteiger partial charge < -0.3 is 14.6 Å². The molecule has 26 heavy (non-hydrogen) atoms. The first-order valence-corrected chi connectivity index (χ1v) is 10.6. The molecule has 0 saturated heterocycles. The molecule has 0 bridgehead atoms. The van der Waals surface area contributed by atoms with Crippen LogP contribution in [0.4, 0.5) is 0 Å². The molecule has 0 atom stereocenters. The lowest BCUT2D eigenvalue weighted by Crippen LogP contribution is -2.20. The van der Waals surface area contributed by atoms with Gasteiger partial charge in [-0.2, -0.15) is 0 Å². The summed E-state index contributed by atoms with van der Waals surface area (Å²) < 4.78 is 5.25. The molecule has 0 aliphatic carbocycles. The summed E-state index contributed by atoms with van der Waals surface area (Å²) in [5.41, 5.74) is 1.78. The molecule has 1 rings (SSSR count). The van der Waals surface area contributed by atoms with Crippen molar-refractivity contribution in [2.45, 2.75) is 84.0 Å². The Bertz CT molecular complexity index is 468. The van der Waals surface area contributed by atoms with Crippen molar-refractivity contribution >= 4 is 5.97 Å². The van der Waals surface area contributed by atoms with Gasteiger partial charge in [-0.15, -0.1) is 0 Å². The maximum Gasteiger partial charge on any atom is 0.354 e. The van der Waals surface area contributed by atoms with E-state index in [-0.39, 0.29) is 5.97 Å². The Morgan fingerprint density at radius 3 is 2.12 bits per heavy atom. The van der Waals surface area contributed by atoms with Gasteiger partial charge in [0.25, 0.3) is 0 Å². The molecule has 1 heterocycles. The van der Waals surface area contributed by atoms with Gasteiger partial charge in [-0.1, -0.05) is 71.1 Å². The van der Waals surface area contributed by atoms with E-state index in [4.69, 9.17) is 4.74 Å². The molecule has 1 aromatic heterocycles. The van der Waals surface area contributed by atoms with Gasteiger partial charge in [0, 0.05) is 12.7 Å². The van der Waals surface area contributed by atoms with Crippen molar-refractivity contribution in [3.05, 3.63) is 23.5 Å². The molecule has 0 radical (unpaired) electrons. The van der Waals surface area contributed by atoms with Crippen LogP contribution in [0.3, 0.4) is 0 Å². The van der Waals surface area contributed by atoms with Crippen molar-refractivity contribution in [3.63, 3.8) is 0 Å². The third-order valence-corrected chi connectivity index (χ3v) is 4.80. The van der Waals surface area contributed by atoms with Gasteiger partial charge in [-0.25, -0.2) is 4.79 Å². The number of H-pyrrole nitrogens is 1. The maximum atomic E-state index is 11.9. The summed E-state index contributed by atoms with van der Waals surface area (Å²) >= 11 is 0. The van der Waals surface area contributed by atoms with E-state index in [0.29, 0.717) is 12.3 Å². The minimum Gasteiger partial charge on any atom is -0.460 e. The number of nitrogens with one attached hydrogen (secondary N) is 1. The van der Waals surface area contributed by atoms with Crippen LogP contribution < -0.4 is 0 Å². The van der Waals surface area contributed by atoms with Crippen molar-refractivity contribution in [1.82, 2.24) is 9.88 Å². The quantitative estimate of drug-likeness (QED) is 0.307. The van der Waals surface area contributed by atoms with Gasteiger partial charge in [0.1, 0.15) is 12.3 Å². The first kappa shape index (κ1) is 22.8. The average Bonchev–Trinajstić information content (AvgIpc) is 3.08. The number of hydrogen-bond acceptors (Lipinski definition) is 3. The lowest BCUT2D eigenvalue weighted by atomic mass is 10.0. The van der Waals surface area contributed by atoms with Crippen molar-refractivity contribution < 1.29 is 9.53 Å². The number of aryl methyl sites for hydroxylation is 1. The Hall–Kier alpha value is -1.29. The van der Waals surface area contributed by atoms with Gasteiger partial charge in [-0.05, 0) is 38.6 Å². The van der Waals surface area contributed by atoms with E-state index < -0.39 is 0 Å². The molecule has 4 nitrogen and oxygen atoms in total. The summed E-state index contributed by atoms with van der Waals surface area (Å²) in [6.45, 7) is 3.45. The van der Waals surface area contributed by atoms with Crippen LogP contribution in [0.25, 0.3) is 0 Å². The zero-order valence-corrected chi connectivity index (χ0v) is 17.3. The first-order valence-electron chi connectivity index (χ1n) is 10.6. The van der Waals surface area contributed by atoms with Crippen LogP contribution in [0.15, 0.2) is 12.3 Å².